The van der Waals surface area contributed by atoms with Crippen molar-refractivity contribution in [3.05, 3.63) is 41.0 Å². The molecule has 0 bridgehead atoms. The van der Waals surface area contributed by atoms with E-state index in [1.165, 1.54) is 16.7 Å². The molecule has 1 heterocycles. The van der Waals surface area contributed by atoms with Crippen molar-refractivity contribution in [1.82, 2.24) is 0 Å². The van der Waals surface area contributed by atoms with Gasteiger partial charge in [-0.3, -0.25) is 0 Å². The number of aryl methyl sites for hydroxylation is 1. The average Bonchev–Trinajstić information content (AvgIpc) is 2.45. The molecule has 1 aromatic rings. The molecule has 0 spiro atoms. The number of aliphatic hydroxyl groups is 2. The standard InChI is InChI=1S/C19H26O3/c1-12-3-7-18-14(9-12)5-4-13(2)17(18)8-6-16-10-15(20)11-19(21)22-16/h3-5,7,9,13,15-17,19-21H,6,8,10-11H2,1-2H3. The van der Waals surface area contributed by atoms with Crippen molar-refractivity contribution < 1.29 is 14.9 Å². The lowest BCUT2D eigenvalue weighted by Gasteiger charge is -2.33. The fourth-order valence-corrected chi connectivity index (χ4v) is 3.78. The molecule has 1 aliphatic carbocycles. The fourth-order valence-electron chi connectivity index (χ4n) is 3.78. The molecule has 0 aromatic heterocycles. The number of hydrogen-bond acceptors (Lipinski definition) is 3. The Labute approximate surface area is 132 Å². The zero-order valence-corrected chi connectivity index (χ0v) is 13.4. The van der Waals surface area contributed by atoms with Crippen LogP contribution in [0.3, 0.4) is 0 Å². The molecule has 120 valence electrons. The van der Waals surface area contributed by atoms with Gasteiger partial charge < -0.3 is 14.9 Å². The third kappa shape index (κ3) is 3.43. The van der Waals surface area contributed by atoms with Crippen molar-refractivity contribution >= 4 is 6.08 Å². The quantitative estimate of drug-likeness (QED) is 0.900. The first-order valence-electron chi connectivity index (χ1n) is 8.33. The largest absolute Gasteiger partial charge is 0.393 e. The Morgan fingerprint density at radius 2 is 2.00 bits per heavy atom. The number of allylic oxidation sites excluding steroid dienone is 1. The molecule has 3 rings (SSSR count). The van der Waals surface area contributed by atoms with E-state index in [1.807, 2.05) is 0 Å². The molecule has 3 nitrogen and oxygen atoms in total. The maximum absolute atomic E-state index is 9.78. The molecule has 1 fully saturated rings. The van der Waals surface area contributed by atoms with Crippen LogP contribution < -0.4 is 0 Å². The summed E-state index contributed by atoms with van der Waals surface area (Å²) in [4.78, 5) is 0. The van der Waals surface area contributed by atoms with E-state index in [9.17, 15) is 10.2 Å². The molecular formula is C19H26O3. The van der Waals surface area contributed by atoms with Gasteiger partial charge in [-0.15, -0.1) is 0 Å². The highest BCUT2D eigenvalue weighted by atomic mass is 16.6. The summed E-state index contributed by atoms with van der Waals surface area (Å²) < 4.78 is 5.57. The predicted octanol–water partition coefficient (Wildman–Crippen LogP) is 3.38. The molecule has 1 aliphatic heterocycles. The zero-order chi connectivity index (χ0) is 15.7. The Kier molecular flexibility index (Phi) is 4.67. The lowest BCUT2D eigenvalue weighted by atomic mass is 9.77. The van der Waals surface area contributed by atoms with Gasteiger partial charge in [0.25, 0.3) is 0 Å². The van der Waals surface area contributed by atoms with Gasteiger partial charge in [0.2, 0.25) is 0 Å². The number of rotatable bonds is 3. The number of aliphatic hydroxyl groups excluding tert-OH is 2. The van der Waals surface area contributed by atoms with Gasteiger partial charge in [0.15, 0.2) is 6.29 Å². The highest BCUT2D eigenvalue weighted by molar-refractivity contribution is 5.59. The van der Waals surface area contributed by atoms with Gasteiger partial charge in [-0.2, -0.15) is 0 Å². The van der Waals surface area contributed by atoms with E-state index in [1.54, 1.807) is 0 Å². The van der Waals surface area contributed by atoms with Gasteiger partial charge in [-0.25, -0.2) is 0 Å². The van der Waals surface area contributed by atoms with Crippen LogP contribution in [-0.2, 0) is 4.74 Å². The zero-order valence-electron chi connectivity index (χ0n) is 13.4. The summed E-state index contributed by atoms with van der Waals surface area (Å²) in [5.74, 6) is 0.994. The smallest absolute Gasteiger partial charge is 0.157 e. The Morgan fingerprint density at radius 3 is 2.77 bits per heavy atom. The lowest BCUT2D eigenvalue weighted by molar-refractivity contribution is -0.190. The SMILES string of the molecule is Cc1ccc2c(c1)C=CC(C)C2CCC1CC(O)CC(O)O1. The summed E-state index contributed by atoms with van der Waals surface area (Å²) in [6.07, 6.45) is 6.10. The second-order valence-corrected chi connectivity index (χ2v) is 6.87. The number of fused-ring (bicyclic) bond motifs is 1. The molecule has 22 heavy (non-hydrogen) atoms. The minimum atomic E-state index is -0.813. The molecule has 0 amide bonds. The molecule has 0 radical (unpaired) electrons. The van der Waals surface area contributed by atoms with E-state index in [4.69, 9.17) is 4.74 Å². The van der Waals surface area contributed by atoms with E-state index in [-0.39, 0.29) is 6.10 Å². The van der Waals surface area contributed by atoms with Crippen LogP contribution in [0.25, 0.3) is 6.08 Å². The monoisotopic (exact) mass is 302 g/mol. The minimum absolute atomic E-state index is 0.0363. The third-order valence-corrected chi connectivity index (χ3v) is 5.01. The molecule has 3 heteroatoms. The van der Waals surface area contributed by atoms with Crippen molar-refractivity contribution in [3.63, 3.8) is 0 Å². The van der Waals surface area contributed by atoms with Crippen molar-refractivity contribution in [2.75, 3.05) is 0 Å². The van der Waals surface area contributed by atoms with Crippen LogP contribution >= 0.6 is 0 Å². The first-order chi connectivity index (χ1) is 10.5. The number of hydrogen-bond donors (Lipinski definition) is 2. The van der Waals surface area contributed by atoms with E-state index in [0.717, 1.165) is 12.8 Å². The topological polar surface area (TPSA) is 49.7 Å². The van der Waals surface area contributed by atoms with Gasteiger partial charge >= 0.3 is 0 Å². The van der Waals surface area contributed by atoms with Crippen LogP contribution in [0.2, 0.25) is 0 Å². The molecule has 1 aromatic carbocycles. The van der Waals surface area contributed by atoms with E-state index >= 15 is 0 Å². The van der Waals surface area contributed by atoms with Gasteiger partial charge in [-0.05, 0) is 49.1 Å². The Morgan fingerprint density at radius 1 is 1.18 bits per heavy atom. The number of ether oxygens (including phenoxy) is 1. The predicted molar refractivity (Wildman–Crippen MR) is 87.5 cm³/mol. The fraction of sp³-hybridized carbons (Fsp3) is 0.579. The van der Waals surface area contributed by atoms with E-state index in [0.29, 0.717) is 24.7 Å². The minimum Gasteiger partial charge on any atom is -0.393 e. The summed E-state index contributed by atoms with van der Waals surface area (Å²) in [5.41, 5.74) is 4.03. The Bertz CT molecular complexity index is 542. The molecule has 5 unspecified atom stereocenters. The van der Waals surface area contributed by atoms with Crippen LogP contribution in [0.15, 0.2) is 24.3 Å². The maximum Gasteiger partial charge on any atom is 0.157 e. The molecule has 2 N–H and O–H groups in total. The van der Waals surface area contributed by atoms with Gasteiger partial charge in [-0.1, -0.05) is 42.8 Å². The second kappa shape index (κ2) is 6.53. The molecule has 1 saturated heterocycles. The first-order valence-corrected chi connectivity index (χ1v) is 8.33. The number of benzene rings is 1. The summed E-state index contributed by atoms with van der Waals surface area (Å²) >= 11 is 0. The Balaban J connectivity index is 1.68. The summed E-state index contributed by atoms with van der Waals surface area (Å²) in [6.45, 7) is 4.38. The van der Waals surface area contributed by atoms with Crippen molar-refractivity contribution in [2.45, 2.75) is 63.9 Å². The van der Waals surface area contributed by atoms with Crippen LogP contribution in [0.1, 0.15) is 55.2 Å². The average molecular weight is 302 g/mol. The van der Waals surface area contributed by atoms with Crippen LogP contribution in [-0.4, -0.2) is 28.7 Å². The van der Waals surface area contributed by atoms with Crippen molar-refractivity contribution in [1.29, 1.82) is 0 Å². The first kappa shape index (κ1) is 15.7. The van der Waals surface area contributed by atoms with Gasteiger partial charge in [0.05, 0.1) is 12.2 Å². The second-order valence-electron chi connectivity index (χ2n) is 6.87. The molecule has 2 aliphatic rings. The van der Waals surface area contributed by atoms with Crippen molar-refractivity contribution in [3.8, 4) is 0 Å². The summed E-state index contributed by atoms with van der Waals surface area (Å²) in [5, 5.41) is 19.4. The van der Waals surface area contributed by atoms with Gasteiger partial charge in [0.1, 0.15) is 0 Å². The normalized spacial score (nSPS) is 34.5. The van der Waals surface area contributed by atoms with Crippen molar-refractivity contribution in [2.24, 2.45) is 5.92 Å². The highest BCUT2D eigenvalue weighted by Gasteiger charge is 2.29. The van der Waals surface area contributed by atoms with Crippen LogP contribution in [0.4, 0.5) is 0 Å². The van der Waals surface area contributed by atoms with Crippen LogP contribution in [0, 0.1) is 12.8 Å². The third-order valence-electron chi connectivity index (χ3n) is 5.01. The molecular weight excluding hydrogens is 276 g/mol. The molecule has 0 saturated carbocycles. The van der Waals surface area contributed by atoms with E-state index < -0.39 is 12.4 Å². The summed E-state index contributed by atoms with van der Waals surface area (Å²) in [7, 11) is 0. The van der Waals surface area contributed by atoms with Crippen LogP contribution in [0.5, 0.6) is 0 Å². The highest BCUT2D eigenvalue weighted by Crippen LogP contribution is 2.38. The lowest BCUT2D eigenvalue weighted by Crippen LogP contribution is -2.35. The van der Waals surface area contributed by atoms with E-state index in [2.05, 4.69) is 44.2 Å². The molecule has 5 atom stereocenters. The Hall–Kier alpha value is -1.16. The summed E-state index contributed by atoms with van der Waals surface area (Å²) in [6, 6.07) is 6.68. The maximum atomic E-state index is 9.78. The van der Waals surface area contributed by atoms with Gasteiger partial charge in [0, 0.05) is 6.42 Å².